The van der Waals surface area contributed by atoms with Gasteiger partial charge in [-0.25, -0.2) is 4.39 Å². The van der Waals surface area contributed by atoms with Crippen molar-refractivity contribution in [2.45, 2.75) is 25.3 Å². The molecule has 2 aliphatic rings. The van der Waals surface area contributed by atoms with Gasteiger partial charge in [-0.2, -0.15) is 0 Å². The predicted octanol–water partition coefficient (Wildman–Crippen LogP) is 5.18. The second-order valence-electron chi connectivity index (χ2n) is 7.18. The third-order valence-corrected chi connectivity index (χ3v) is 6.48. The van der Waals surface area contributed by atoms with Gasteiger partial charge < -0.3 is 14.4 Å². The highest BCUT2D eigenvalue weighted by atomic mass is 32.1. The average Bonchev–Trinajstić information content (AvgIpc) is 3.30. The summed E-state index contributed by atoms with van der Waals surface area (Å²) in [4.78, 5) is 15.7. The molecule has 0 aliphatic carbocycles. The minimum absolute atomic E-state index is 0.000266. The molecule has 28 heavy (non-hydrogen) atoms. The number of halogens is 1. The van der Waals surface area contributed by atoms with Crippen LogP contribution in [-0.4, -0.2) is 30.6 Å². The van der Waals surface area contributed by atoms with Crippen LogP contribution in [0.2, 0.25) is 0 Å². The molecule has 5 rings (SSSR count). The molecule has 0 N–H and O–H groups in total. The van der Waals surface area contributed by atoms with Gasteiger partial charge in [-0.3, -0.25) is 4.79 Å². The Morgan fingerprint density at radius 2 is 1.93 bits per heavy atom. The van der Waals surface area contributed by atoms with Gasteiger partial charge in [0, 0.05) is 23.1 Å². The van der Waals surface area contributed by atoms with Crippen LogP contribution in [0.5, 0.6) is 11.5 Å². The second-order valence-corrected chi connectivity index (χ2v) is 8.26. The molecule has 1 fully saturated rings. The predicted molar refractivity (Wildman–Crippen MR) is 107 cm³/mol. The quantitative estimate of drug-likeness (QED) is 0.598. The molecule has 6 heteroatoms. The number of ether oxygens (including phenoxy) is 2. The Labute approximate surface area is 166 Å². The van der Waals surface area contributed by atoms with Crippen LogP contribution in [0.15, 0.2) is 42.5 Å². The molecule has 1 unspecified atom stereocenters. The zero-order chi connectivity index (χ0) is 19.1. The Morgan fingerprint density at radius 3 is 2.79 bits per heavy atom. The zero-order valence-corrected chi connectivity index (χ0v) is 16.1. The van der Waals surface area contributed by atoms with Crippen molar-refractivity contribution in [1.82, 2.24) is 4.90 Å². The van der Waals surface area contributed by atoms with Crippen LogP contribution in [0, 0.1) is 5.82 Å². The summed E-state index contributed by atoms with van der Waals surface area (Å²) in [7, 11) is 0. The van der Waals surface area contributed by atoms with Gasteiger partial charge in [-0.05, 0) is 48.7 Å². The molecule has 2 aromatic carbocycles. The lowest BCUT2D eigenvalue weighted by Gasteiger charge is -2.25. The molecule has 0 spiro atoms. The first-order chi connectivity index (χ1) is 13.7. The van der Waals surface area contributed by atoms with Crippen LogP contribution >= 0.6 is 11.3 Å². The van der Waals surface area contributed by atoms with Crippen molar-refractivity contribution in [2.24, 2.45) is 0 Å². The maximum Gasteiger partial charge on any atom is 0.264 e. The molecule has 0 bridgehead atoms. The van der Waals surface area contributed by atoms with Crippen molar-refractivity contribution < 1.29 is 18.7 Å². The minimum Gasteiger partial charge on any atom is -0.490 e. The van der Waals surface area contributed by atoms with Gasteiger partial charge >= 0.3 is 0 Å². The molecule has 1 amide bonds. The molecule has 4 nitrogen and oxygen atoms in total. The third kappa shape index (κ3) is 3.02. The fourth-order valence-electron chi connectivity index (χ4n) is 4.02. The normalized spacial score (nSPS) is 19.0. The van der Waals surface area contributed by atoms with Gasteiger partial charge in [0.1, 0.15) is 5.82 Å². The highest BCUT2D eigenvalue weighted by Gasteiger charge is 2.32. The molecule has 2 aliphatic heterocycles. The first kappa shape index (κ1) is 17.5. The van der Waals surface area contributed by atoms with E-state index in [0.717, 1.165) is 41.0 Å². The molecule has 0 radical (unpaired) electrons. The van der Waals surface area contributed by atoms with E-state index < -0.39 is 0 Å². The van der Waals surface area contributed by atoms with Crippen LogP contribution < -0.4 is 9.47 Å². The van der Waals surface area contributed by atoms with Crippen LogP contribution in [0.25, 0.3) is 10.1 Å². The Bertz CT molecular complexity index is 1050. The fourth-order valence-corrected chi connectivity index (χ4v) is 5.05. The van der Waals surface area contributed by atoms with Crippen molar-refractivity contribution >= 4 is 27.3 Å². The largest absolute Gasteiger partial charge is 0.490 e. The van der Waals surface area contributed by atoms with Crippen molar-refractivity contribution in [3.63, 3.8) is 0 Å². The zero-order valence-electron chi connectivity index (χ0n) is 15.3. The number of likely N-dealkylation sites (tertiary alicyclic amines) is 1. The van der Waals surface area contributed by atoms with Crippen molar-refractivity contribution in [2.75, 3.05) is 19.8 Å². The molecule has 3 heterocycles. The molecular weight excluding hydrogens is 377 g/mol. The van der Waals surface area contributed by atoms with Crippen LogP contribution in [0.4, 0.5) is 4.39 Å². The lowest BCUT2D eigenvalue weighted by molar-refractivity contribution is 0.0740. The molecule has 1 atom stereocenters. The standard InChI is InChI=1S/C22H20FNO3S/c23-16-4-1-6-20-15(16)13-21(28-20)22(25)24-9-2-5-17(24)14-7-8-18-19(12-14)27-11-3-10-26-18/h1,4,6-8,12-13,17H,2-3,5,9-11H2. The summed E-state index contributed by atoms with van der Waals surface area (Å²) in [5.41, 5.74) is 1.06. The number of hydrogen-bond acceptors (Lipinski definition) is 4. The number of amides is 1. The summed E-state index contributed by atoms with van der Waals surface area (Å²) < 4.78 is 26.4. The number of rotatable bonds is 2. The maximum atomic E-state index is 14.0. The van der Waals surface area contributed by atoms with E-state index in [1.165, 1.54) is 17.4 Å². The number of nitrogens with zero attached hydrogens (tertiary/aromatic N) is 1. The summed E-state index contributed by atoms with van der Waals surface area (Å²) in [6, 6.07) is 12.6. The molecule has 3 aromatic rings. The van der Waals surface area contributed by atoms with Gasteiger partial charge in [0.05, 0.1) is 24.1 Å². The van der Waals surface area contributed by atoms with Crippen molar-refractivity contribution in [3.05, 3.63) is 58.7 Å². The van der Waals surface area contributed by atoms with E-state index in [-0.39, 0.29) is 17.8 Å². The van der Waals surface area contributed by atoms with E-state index in [1.54, 1.807) is 12.1 Å². The SMILES string of the molecule is O=C(c1cc2c(F)cccc2s1)N1CCCC1c1ccc2c(c1)OCCCO2. The van der Waals surface area contributed by atoms with Crippen molar-refractivity contribution in [3.8, 4) is 11.5 Å². The molecule has 1 saturated heterocycles. The summed E-state index contributed by atoms with van der Waals surface area (Å²) in [5, 5.41) is 0.516. The van der Waals surface area contributed by atoms with Gasteiger partial charge in [0.25, 0.3) is 5.91 Å². The number of thiophene rings is 1. The van der Waals surface area contributed by atoms with Gasteiger partial charge in [0.2, 0.25) is 0 Å². The molecular formula is C22H20FNO3S. The van der Waals surface area contributed by atoms with Crippen molar-refractivity contribution in [1.29, 1.82) is 0 Å². The summed E-state index contributed by atoms with van der Waals surface area (Å²) in [6.45, 7) is 1.99. The maximum absolute atomic E-state index is 14.0. The minimum atomic E-state index is -0.284. The summed E-state index contributed by atoms with van der Waals surface area (Å²) in [5.74, 6) is 1.19. The number of carbonyl (C=O) groups excluding carboxylic acids is 1. The third-order valence-electron chi connectivity index (χ3n) is 5.39. The number of fused-ring (bicyclic) bond motifs is 2. The highest BCUT2D eigenvalue weighted by Crippen LogP contribution is 2.39. The van der Waals surface area contributed by atoms with E-state index in [2.05, 4.69) is 0 Å². The van der Waals surface area contributed by atoms with E-state index in [4.69, 9.17) is 9.47 Å². The lowest BCUT2D eigenvalue weighted by Crippen LogP contribution is -2.29. The molecule has 144 valence electrons. The number of hydrogen-bond donors (Lipinski definition) is 0. The average molecular weight is 397 g/mol. The van der Waals surface area contributed by atoms with Crippen LogP contribution in [-0.2, 0) is 0 Å². The number of benzene rings is 2. The smallest absolute Gasteiger partial charge is 0.264 e. The fraction of sp³-hybridized carbons (Fsp3) is 0.318. The monoisotopic (exact) mass is 397 g/mol. The van der Waals surface area contributed by atoms with E-state index in [0.29, 0.717) is 30.0 Å². The van der Waals surface area contributed by atoms with Gasteiger partial charge in [-0.15, -0.1) is 11.3 Å². The molecule has 1 aromatic heterocycles. The topological polar surface area (TPSA) is 38.8 Å². The Balaban J connectivity index is 1.45. The van der Waals surface area contributed by atoms with Gasteiger partial charge in [-0.1, -0.05) is 12.1 Å². The second kappa shape index (κ2) is 7.09. The summed E-state index contributed by atoms with van der Waals surface area (Å²) >= 11 is 1.35. The summed E-state index contributed by atoms with van der Waals surface area (Å²) in [6.07, 6.45) is 2.72. The Hall–Kier alpha value is -2.60. The van der Waals surface area contributed by atoms with Crippen LogP contribution in [0.1, 0.15) is 40.5 Å². The number of carbonyl (C=O) groups is 1. The van der Waals surface area contributed by atoms with E-state index >= 15 is 0 Å². The Kier molecular flexibility index (Phi) is 4.43. The van der Waals surface area contributed by atoms with Gasteiger partial charge in [0.15, 0.2) is 11.5 Å². The lowest BCUT2D eigenvalue weighted by atomic mass is 10.0. The molecule has 0 saturated carbocycles. The van der Waals surface area contributed by atoms with E-state index in [9.17, 15) is 9.18 Å². The Morgan fingerprint density at radius 1 is 1.07 bits per heavy atom. The van der Waals surface area contributed by atoms with Crippen LogP contribution in [0.3, 0.4) is 0 Å². The highest BCUT2D eigenvalue weighted by molar-refractivity contribution is 7.20. The first-order valence-electron chi connectivity index (χ1n) is 9.59. The van der Waals surface area contributed by atoms with E-state index in [1.807, 2.05) is 29.2 Å². The first-order valence-corrected chi connectivity index (χ1v) is 10.4.